The molecule has 2 aliphatic rings. The highest BCUT2D eigenvalue weighted by molar-refractivity contribution is 5.87. The number of hydrogen-bond donors (Lipinski definition) is 2. The summed E-state index contributed by atoms with van der Waals surface area (Å²) in [4.78, 5) is 67.9. The third-order valence-corrected chi connectivity index (χ3v) is 10.5. The van der Waals surface area contributed by atoms with E-state index in [0.717, 1.165) is 32.1 Å². The molecule has 0 aromatic carbocycles. The van der Waals surface area contributed by atoms with Gasteiger partial charge in [-0.05, 0) is 110 Å². The third-order valence-electron chi connectivity index (χ3n) is 10.5. The van der Waals surface area contributed by atoms with Crippen molar-refractivity contribution in [1.82, 2.24) is 20.4 Å². The summed E-state index contributed by atoms with van der Waals surface area (Å²) in [5.74, 6) is -0.957. The predicted octanol–water partition coefficient (Wildman–Crippen LogP) is 7.45. The number of esters is 2. The van der Waals surface area contributed by atoms with Crippen LogP contribution < -0.4 is 10.6 Å². The van der Waals surface area contributed by atoms with Crippen LogP contribution in [0, 0.1) is 33.2 Å². The lowest BCUT2D eigenvalue weighted by atomic mass is 9.62. The van der Waals surface area contributed by atoms with E-state index in [-0.39, 0.29) is 80.5 Å². The Kier molecular flexibility index (Phi) is 20.7. The molecule has 331 valence electrons. The van der Waals surface area contributed by atoms with Crippen LogP contribution in [-0.4, -0.2) is 111 Å². The fourth-order valence-electron chi connectivity index (χ4n) is 8.76. The van der Waals surface area contributed by atoms with Gasteiger partial charge in [0.15, 0.2) is 0 Å². The normalized spacial score (nSPS) is 23.1. The maximum atomic E-state index is 13.5. The number of carbonyl (C=O) groups excluding carboxylic acids is 5. The van der Waals surface area contributed by atoms with Gasteiger partial charge in [-0.2, -0.15) is 5.26 Å². The van der Waals surface area contributed by atoms with E-state index in [1.54, 1.807) is 36.0 Å². The molecule has 4 amide bonds. The van der Waals surface area contributed by atoms with Crippen molar-refractivity contribution in [3.05, 3.63) is 24.3 Å². The number of urea groups is 2. The molecule has 59 heavy (non-hydrogen) atoms. The van der Waals surface area contributed by atoms with Crippen LogP contribution in [0.4, 0.5) is 9.59 Å². The van der Waals surface area contributed by atoms with Crippen molar-refractivity contribution in [2.75, 3.05) is 39.5 Å². The Morgan fingerprint density at radius 3 is 1.66 bits per heavy atom. The van der Waals surface area contributed by atoms with Gasteiger partial charge in [-0.15, -0.1) is 0 Å². The highest BCUT2D eigenvalue weighted by Gasteiger charge is 2.44. The average molecular weight is 826 g/mol. The summed E-state index contributed by atoms with van der Waals surface area (Å²) in [6.07, 6.45) is 8.36. The Bertz CT molecular complexity index is 1570. The Balaban J connectivity index is 0.00000165. The lowest BCUT2D eigenvalue weighted by molar-refractivity contribution is -0.140. The van der Waals surface area contributed by atoms with Crippen LogP contribution in [0.25, 0.3) is 0 Å². The minimum Gasteiger partial charge on any atom is -0.460 e. The van der Waals surface area contributed by atoms with Crippen LogP contribution >= 0.6 is 0 Å². The molecule has 0 heterocycles. The number of carbonyl (C=O) groups is 4. The second-order valence-corrected chi connectivity index (χ2v) is 20.7. The molecule has 2 rings (SSSR count). The fraction of sp³-hybridized carbons (Fsp3) is 0.773. The summed E-state index contributed by atoms with van der Waals surface area (Å²) >= 11 is 0. The Labute approximate surface area is 356 Å². The van der Waals surface area contributed by atoms with E-state index in [4.69, 9.17) is 19.5 Å². The highest BCUT2D eigenvalue weighted by atomic mass is 16.5. The first kappa shape index (κ1) is 54.7. The zero-order valence-electron chi connectivity index (χ0n) is 38.7. The number of amides is 4. The topological polar surface area (TPSA) is 180 Å². The molecule has 2 saturated carbocycles. The van der Waals surface area contributed by atoms with Crippen molar-refractivity contribution < 1.29 is 38.2 Å². The number of aliphatic imine (C=N–C) groups is 1. The van der Waals surface area contributed by atoms with Gasteiger partial charge < -0.3 is 34.6 Å². The van der Waals surface area contributed by atoms with Crippen molar-refractivity contribution in [1.29, 1.82) is 5.26 Å². The van der Waals surface area contributed by atoms with Gasteiger partial charge in [0.2, 0.25) is 6.08 Å². The van der Waals surface area contributed by atoms with E-state index in [2.05, 4.69) is 70.3 Å². The molecule has 0 aromatic heterocycles. The van der Waals surface area contributed by atoms with Crippen LogP contribution in [-0.2, 0) is 28.6 Å². The quantitative estimate of drug-likeness (QED) is 0.0449. The first-order valence-electron chi connectivity index (χ1n) is 20.2. The molecule has 4 unspecified atom stereocenters. The molecule has 2 aliphatic carbocycles. The zero-order chi connectivity index (χ0) is 44.9. The molecule has 4 atom stereocenters. The summed E-state index contributed by atoms with van der Waals surface area (Å²) in [5, 5.41) is 14.8. The maximum Gasteiger partial charge on any atom is 0.333 e. The van der Waals surface area contributed by atoms with Gasteiger partial charge in [-0.1, -0.05) is 54.7 Å². The van der Waals surface area contributed by atoms with E-state index < -0.39 is 23.0 Å². The van der Waals surface area contributed by atoms with E-state index in [9.17, 15) is 24.0 Å². The molecule has 15 heteroatoms. The van der Waals surface area contributed by atoms with Crippen molar-refractivity contribution in [2.24, 2.45) is 26.7 Å². The molecule has 3 radical (unpaired) electrons. The fourth-order valence-corrected chi connectivity index (χ4v) is 8.76. The lowest BCUT2D eigenvalue weighted by Crippen LogP contribution is -2.57. The van der Waals surface area contributed by atoms with Crippen molar-refractivity contribution in [3.63, 3.8) is 0 Å². The van der Waals surface area contributed by atoms with Crippen LogP contribution in [0.2, 0.25) is 0 Å². The lowest BCUT2D eigenvalue weighted by Gasteiger charge is -2.48. The summed E-state index contributed by atoms with van der Waals surface area (Å²) < 4.78 is 15.3. The summed E-state index contributed by atoms with van der Waals surface area (Å²) in [7, 11) is 0. The monoisotopic (exact) mass is 826 g/mol. The molecule has 0 bridgehead atoms. The number of rotatable bonds is 14. The van der Waals surface area contributed by atoms with E-state index in [0.29, 0.717) is 30.7 Å². The van der Waals surface area contributed by atoms with Gasteiger partial charge in [-0.25, -0.2) is 29.0 Å². The molecule has 0 spiro atoms. The van der Waals surface area contributed by atoms with E-state index in [1.807, 2.05) is 41.5 Å². The maximum absolute atomic E-state index is 13.5. The van der Waals surface area contributed by atoms with Gasteiger partial charge in [0, 0.05) is 48.6 Å². The molecule has 2 N–H and O–H groups in total. The molecule has 14 nitrogen and oxygen atoms in total. The largest absolute Gasteiger partial charge is 0.460 e. The Hall–Kier alpha value is -4.31. The summed E-state index contributed by atoms with van der Waals surface area (Å²) in [5.41, 5.74) is -0.648. The van der Waals surface area contributed by atoms with E-state index >= 15 is 0 Å². The van der Waals surface area contributed by atoms with Gasteiger partial charge in [0.1, 0.15) is 19.8 Å². The minimum atomic E-state index is -0.490. The predicted molar refractivity (Wildman–Crippen MR) is 231 cm³/mol. The number of nitriles is 1. The van der Waals surface area contributed by atoms with Gasteiger partial charge in [-0.3, -0.25) is 0 Å². The average Bonchev–Trinajstić information content (AvgIpc) is 3.03. The second-order valence-electron chi connectivity index (χ2n) is 20.7. The van der Waals surface area contributed by atoms with Crippen molar-refractivity contribution >= 4 is 38.5 Å². The second kappa shape index (κ2) is 22.3. The minimum absolute atomic E-state index is 0. The number of ether oxygens (including phenoxy) is 3. The van der Waals surface area contributed by atoms with Crippen LogP contribution in [0.5, 0.6) is 0 Å². The number of nitrogens with one attached hydrogen (secondary N) is 2. The van der Waals surface area contributed by atoms with Crippen molar-refractivity contribution in [3.8, 4) is 6.26 Å². The van der Waals surface area contributed by atoms with E-state index in [1.165, 1.54) is 0 Å². The molecular weight excluding hydrogens is 751 g/mol. The summed E-state index contributed by atoms with van der Waals surface area (Å²) in [6.45, 7) is 36.4. The SMILES string of the molecule is C=C(C)C(=O)OCCN(C(=O)NCC1(C)CC(NC(=O)N(CCOC(=O)C(=C)C)C(C)(C)C)CC(C)(C)C1)C(C)(C)C.CC1(C)CC(N=C=O)CC(C)(COC#N)C1.[B]. The number of nitrogens with zero attached hydrogens (tertiary/aromatic N) is 4. The molecule has 0 saturated heterocycles. The first-order chi connectivity index (χ1) is 26.4. The first-order valence-corrected chi connectivity index (χ1v) is 20.2. The zero-order valence-corrected chi connectivity index (χ0v) is 38.7. The number of isocyanates is 1. The third kappa shape index (κ3) is 19.5. The standard InChI is InChI=1S/C32H56N4O6.C12H18N2O2.B/c1-22(2)25(37)41-16-14-35(29(5,6)7)27(39)33-21-32(13)19-24(18-31(11,12)20-32)34-28(40)36(30(8,9)10)15-17-42-26(38)23(3)4;1-11(2)4-10(14-9-15)5-12(3,6-11)7-16-8-13;/h24H,1,3,14-21H2,2,4-13H3,(H,33,39)(H,34,40);10H,4-7H2,1-3H3;. The van der Waals surface area contributed by atoms with Gasteiger partial charge in [0.05, 0.1) is 19.1 Å². The summed E-state index contributed by atoms with van der Waals surface area (Å²) in [6, 6.07) is -0.548. The highest BCUT2D eigenvalue weighted by Crippen LogP contribution is 2.47. The van der Waals surface area contributed by atoms with Crippen LogP contribution in [0.1, 0.15) is 135 Å². The Morgan fingerprint density at radius 1 is 0.763 bits per heavy atom. The van der Waals surface area contributed by atoms with Crippen LogP contribution in [0.15, 0.2) is 29.3 Å². The molecule has 0 aliphatic heterocycles. The van der Waals surface area contributed by atoms with Gasteiger partial charge >= 0.3 is 24.0 Å². The number of hydrogen-bond acceptors (Lipinski definition) is 10. The van der Waals surface area contributed by atoms with Gasteiger partial charge in [0.25, 0.3) is 6.26 Å². The van der Waals surface area contributed by atoms with Crippen molar-refractivity contribution in [2.45, 2.75) is 159 Å². The molecule has 0 aromatic rings. The molecule has 2 fully saturated rings. The Morgan fingerprint density at radius 2 is 1.22 bits per heavy atom. The smallest absolute Gasteiger partial charge is 0.333 e. The van der Waals surface area contributed by atoms with Crippen LogP contribution in [0.3, 0.4) is 0 Å². The molecular formula is C44H74BN6O8.